The van der Waals surface area contributed by atoms with Crippen LogP contribution in [-0.4, -0.2) is 80.3 Å². The minimum absolute atomic E-state index is 0.0119. The average molecular weight is 620 g/mol. The number of ether oxygens (including phenoxy) is 1. The maximum atomic E-state index is 12.2. The van der Waals surface area contributed by atoms with Crippen molar-refractivity contribution in [3.8, 4) is 0 Å². The summed E-state index contributed by atoms with van der Waals surface area (Å²) in [7, 11) is -8.89. The second kappa shape index (κ2) is 9.43. The van der Waals surface area contributed by atoms with Crippen molar-refractivity contribution in [3.63, 3.8) is 0 Å². The number of fused-ring (bicyclic) bond motifs is 1. The Morgan fingerprint density at radius 2 is 1.75 bits per heavy atom. The number of anilines is 1. The molecule has 1 aliphatic heterocycles. The zero-order valence-electron chi connectivity index (χ0n) is 22.4. The number of hydrogen-bond donors (Lipinski definition) is 6. The van der Waals surface area contributed by atoms with E-state index in [1.54, 1.807) is 0 Å². The lowest BCUT2D eigenvalue weighted by molar-refractivity contribution is -0.0973. The predicted octanol–water partition coefficient (Wildman–Crippen LogP) is 3.06. The van der Waals surface area contributed by atoms with Crippen molar-refractivity contribution in [2.75, 3.05) is 17.4 Å². The topological polar surface area (TPSA) is 200 Å². The molecule has 40 heavy (non-hydrogen) atoms. The summed E-state index contributed by atoms with van der Waals surface area (Å²) in [6.07, 6.45) is 2.55. The predicted molar refractivity (Wildman–Crippen MR) is 146 cm³/mol. The van der Waals surface area contributed by atoms with Crippen LogP contribution in [0.1, 0.15) is 65.0 Å². The van der Waals surface area contributed by atoms with Crippen molar-refractivity contribution in [3.05, 3.63) is 11.6 Å². The molecule has 222 valence electrons. The molecule has 0 spiro atoms. The standard InChI is InChI=1S/C24H36ClN5O8P2/c1-22-5-13-6-23(2,8-22)10-24(7-13,9-22)29-18-15-19(28-21(25)27-18)30(11-26-15)20-17(32)16(31)14(38-20)3-4-39(33,34)12-40(35,36)37/h11,13-14,16-17,20,31-32H,3-10,12H2,1-2H3,(H,33,34)(H,27,28,29)(H2,35,36,37)/t13-,14-,16?,17+,20-,22+,23-,24-/m1/s1. The molecule has 16 heteroatoms. The van der Waals surface area contributed by atoms with Crippen LogP contribution in [0.25, 0.3) is 11.2 Å². The third-order valence-corrected chi connectivity index (χ3v) is 13.6. The Kier molecular flexibility index (Phi) is 6.83. The maximum absolute atomic E-state index is 12.2. The van der Waals surface area contributed by atoms with Gasteiger partial charge in [-0.05, 0) is 73.3 Å². The highest BCUT2D eigenvalue weighted by Gasteiger charge is 2.60. The Labute approximate surface area is 236 Å². The Morgan fingerprint density at radius 1 is 1.07 bits per heavy atom. The first-order valence-corrected chi connectivity index (χ1v) is 17.7. The SMILES string of the molecule is C[C@]12C[C@@H]3C[C@](C)(C1)C[C@@](Nc1nc(Cl)nc4c1ncn4[C@@H]1O[C@H](CCP(=O)(O)CP(=O)(O)O)C(O)[C@@H]1O)(C3)C2. The van der Waals surface area contributed by atoms with Gasteiger partial charge in [0, 0.05) is 11.7 Å². The molecule has 5 aliphatic rings. The molecule has 2 unspecified atom stereocenters. The number of aliphatic hydroxyl groups excluding tert-OH is 2. The summed E-state index contributed by atoms with van der Waals surface area (Å²) in [6, 6.07) is 0. The first-order chi connectivity index (χ1) is 18.5. The number of aliphatic hydroxyl groups is 2. The highest BCUT2D eigenvalue weighted by molar-refractivity contribution is 7.72. The van der Waals surface area contributed by atoms with Crippen LogP contribution in [0.15, 0.2) is 6.33 Å². The first kappa shape index (κ1) is 29.0. The summed E-state index contributed by atoms with van der Waals surface area (Å²) in [5.41, 5.74) is 1.16. The smallest absolute Gasteiger partial charge is 0.335 e. The number of imidazole rings is 1. The van der Waals surface area contributed by atoms with Crippen LogP contribution >= 0.6 is 26.6 Å². The molecule has 3 heterocycles. The van der Waals surface area contributed by atoms with E-state index in [9.17, 15) is 24.2 Å². The number of nitrogens with one attached hydrogen (secondary N) is 1. The highest BCUT2D eigenvalue weighted by atomic mass is 35.5. The van der Waals surface area contributed by atoms with E-state index in [1.807, 2.05) is 0 Å². The van der Waals surface area contributed by atoms with E-state index in [4.69, 9.17) is 26.1 Å². The summed E-state index contributed by atoms with van der Waals surface area (Å²) < 4.78 is 30.8. The fourth-order valence-electron chi connectivity index (χ4n) is 8.89. The van der Waals surface area contributed by atoms with E-state index in [-0.39, 0.29) is 28.1 Å². The molecule has 2 aromatic heterocycles. The van der Waals surface area contributed by atoms with Crippen molar-refractivity contribution >= 4 is 43.5 Å². The fourth-order valence-corrected chi connectivity index (χ4v) is 12.6. The maximum Gasteiger partial charge on any atom is 0.335 e. The van der Waals surface area contributed by atoms with Gasteiger partial charge in [-0.25, -0.2) is 4.98 Å². The van der Waals surface area contributed by atoms with Gasteiger partial charge in [0.15, 0.2) is 23.2 Å². The molecule has 6 N–H and O–H groups in total. The van der Waals surface area contributed by atoms with Gasteiger partial charge in [0.2, 0.25) is 12.7 Å². The molecule has 4 aliphatic carbocycles. The zero-order chi connectivity index (χ0) is 28.9. The molecule has 0 radical (unpaired) electrons. The normalized spacial score (nSPS) is 40.5. The van der Waals surface area contributed by atoms with Gasteiger partial charge in [0.05, 0.1) is 12.4 Å². The van der Waals surface area contributed by atoms with Gasteiger partial charge in [-0.1, -0.05) is 13.8 Å². The van der Waals surface area contributed by atoms with E-state index < -0.39 is 51.6 Å². The Balaban J connectivity index is 1.25. The first-order valence-electron chi connectivity index (χ1n) is 13.5. The van der Waals surface area contributed by atoms with E-state index in [0.29, 0.717) is 22.9 Å². The molecule has 4 saturated carbocycles. The third kappa shape index (κ3) is 5.38. The summed E-state index contributed by atoms with van der Waals surface area (Å²) in [5.74, 6) is -0.00112. The molecule has 7 rings (SSSR count). The molecule has 4 bridgehead atoms. The van der Waals surface area contributed by atoms with Crippen LogP contribution in [0, 0.1) is 16.7 Å². The lowest BCUT2D eigenvalue weighted by atomic mass is 9.43. The molecular formula is C24H36ClN5O8P2. The monoisotopic (exact) mass is 619 g/mol. The Morgan fingerprint density at radius 3 is 2.38 bits per heavy atom. The van der Waals surface area contributed by atoms with Gasteiger partial charge < -0.3 is 34.9 Å². The van der Waals surface area contributed by atoms with Crippen LogP contribution in [0.3, 0.4) is 0 Å². The number of hydrogen-bond acceptors (Lipinski definition) is 9. The van der Waals surface area contributed by atoms with E-state index in [0.717, 1.165) is 19.3 Å². The highest BCUT2D eigenvalue weighted by Crippen LogP contribution is 2.67. The number of aromatic nitrogens is 4. The molecular weight excluding hydrogens is 584 g/mol. The average Bonchev–Trinajstić information content (AvgIpc) is 3.29. The lowest BCUT2D eigenvalue weighted by Gasteiger charge is -2.65. The minimum Gasteiger partial charge on any atom is -0.388 e. The molecule has 2 aromatic rings. The largest absolute Gasteiger partial charge is 0.388 e. The molecule has 13 nitrogen and oxygen atoms in total. The van der Waals surface area contributed by atoms with Crippen molar-refractivity contribution in [1.29, 1.82) is 0 Å². The summed E-state index contributed by atoms with van der Waals surface area (Å²) >= 11 is 6.37. The van der Waals surface area contributed by atoms with Crippen molar-refractivity contribution < 1.29 is 38.8 Å². The summed E-state index contributed by atoms with van der Waals surface area (Å²) in [4.78, 5) is 41.5. The van der Waals surface area contributed by atoms with Gasteiger partial charge in [0.25, 0.3) is 0 Å². The molecule has 5 fully saturated rings. The summed E-state index contributed by atoms with van der Waals surface area (Å²) in [6.45, 7) is 4.76. The van der Waals surface area contributed by atoms with Gasteiger partial charge in [0.1, 0.15) is 18.1 Å². The minimum atomic E-state index is -4.70. The van der Waals surface area contributed by atoms with E-state index in [1.165, 1.54) is 30.2 Å². The molecule has 1 saturated heterocycles. The Bertz CT molecular complexity index is 1420. The number of rotatable bonds is 8. The van der Waals surface area contributed by atoms with Crippen molar-refractivity contribution in [1.82, 2.24) is 19.5 Å². The molecule has 9 atom stereocenters. The Hall–Kier alpha value is -1.14. The van der Waals surface area contributed by atoms with Crippen LogP contribution in [0.5, 0.6) is 0 Å². The van der Waals surface area contributed by atoms with Crippen LogP contribution in [0.4, 0.5) is 5.82 Å². The fraction of sp³-hybridized carbons (Fsp3) is 0.792. The van der Waals surface area contributed by atoms with Gasteiger partial charge in [-0.3, -0.25) is 13.7 Å². The summed E-state index contributed by atoms with van der Waals surface area (Å²) in [5, 5.41) is 25.1. The second-order valence-corrected chi connectivity index (χ2v) is 18.4. The van der Waals surface area contributed by atoms with Crippen molar-refractivity contribution in [2.24, 2.45) is 16.7 Å². The van der Waals surface area contributed by atoms with Crippen molar-refractivity contribution in [2.45, 2.75) is 88.9 Å². The van der Waals surface area contributed by atoms with Gasteiger partial charge >= 0.3 is 7.60 Å². The molecule has 0 amide bonds. The van der Waals surface area contributed by atoms with Crippen LogP contribution in [-0.2, 0) is 13.9 Å². The van der Waals surface area contributed by atoms with Crippen LogP contribution < -0.4 is 5.32 Å². The number of nitrogens with zero attached hydrogens (tertiary/aromatic N) is 4. The van der Waals surface area contributed by atoms with Crippen LogP contribution in [0.2, 0.25) is 5.28 Å². The molecule has 0 aromatic carbocycles. The lowest BCUT2D eigenvalue weighted by Crippen LogP contribution is -2.61. The van der Waals surface area contributed by atoms with E-state index in [2.05, 4.69) is 34.1 Å². The third-order valence-electron chi connectivity index (χ3n) is 9.18. The van der Waals surface area contributed by atoms with Gasteiger partial charge in [-0.2, -0.15) is 9.97 Å². The zero-order valence-corrected chi connectivity index (χ0v) is 24.9. The quantitative estimate of drug-likeness (QED) is 0.187. The number of halogens is 1. The van der Waals surface area contributed by atoms with Gasteiger partial charge in [-0.15, -0.1) is 0 Å². The second-order valence-electron chi connectivity index (χ2n) is 13.4. The van der Waals surface area contributed by atoms with E-state index >= 15 is 0 Å².